The quantitative estimate of drug-likeness (QED) is 0.832. The highest BCUT2D eigenvalue weighted by molar-refractivity contribution is 7.10. The maximum Gasteiger partial charge on any atom is 0.271 e. The van der Waals surface area contributed by atoms with Crippen molar-refractivity contribution in [1.82, 2.24) is 15.4 Å². The number of aromatic nitrogens is 1. The zero-order chi connectivity index (χ0) is 19.7. The number of nitrogens with zero attached hydrogens (tertiary/aromatic N) is 3. The molecule has 0 aromatic carbocycles. The van der Waals surface area contributed by atoms with Gasteiger partial charge in [0.25, 0.3) is 5.91 Å². The Balaban J connectivity index is 1.80. The number of Topliss-reactive ketones (excluding diaryl/α,β-unsaturated/α-hetero) is 1. The standard InChI is InChI=1S/C20H17N5O2S/c21-10-13-17(16-7-3-9-28-16)18-14(5-1-6-15(18)26)25(19(13)22)24-20(27)12-4-2-8-23-11-12/h2-4,7-9,11,17H,1,5-6,22H2,(H,24,27). The van der Waals surface area contributed by atoms with E-state index in [1.807, 2.05) is 17.5 Å². The minimum Gasteiger partial charge on any atom is -0.383 e. The topological polar surface area (TPSA) is 112 Å². The Kier molecular flexibility index (Phi) is 4.67. The number of hydrogen-bond donors (Lipinski definition) is 2. The lowest BCUT2D eigenvalue weighted by molar-refractivity contribution is -0.116. The fourth-order valence-corrected chi connectivity index (χ4v) is 4.46. The Morgan fingerprint density at radius 1 is 1.36 bits per heavy atom. The van der Waals surface area contributed by atoms with Gasteiger partial charge in [-0.15, -0.1) is 11.3 Å². The third-order valence-corrected chi connectivity index (χ3v) is 5.82. The third-order valence-electron chi connectivity index (χ3n) is 4.88. The summed E-state index contributed by atoms with van der Waals surface area (Å²) in [5, 5.41) is 13.1. The zero-order valence-corrected chi connectivity index (χ0v) is 15.7. The number of allylic oxidation sites excluding steroid dienone is 3. The molecular formula is C20H17N5O2S. The van der Waals surface area contributed by atoms with Gasteiger partial charge >= 0.3 is 0 Å². The third kappa shape index (κ3) is 2.96. The molecule has 2 aromatic rings. The van der Waals surface area contributed by atoms with Gasteiger partial charge in [0.1, 0.15) is 5.82 Å². The molecule has 4 rings (SSSR count). The first-order chi connectivity index (χ1) is 13.6. The highest BCUT2D eigenvalue weighted by Crippen LogP contribution is 2.45. The molecule has 28 heavy (non-hydrogen) atoms. The molecule has 1 aliphatic carbocycles. The highest BCUT2D eigenvalue weighted by Gasteiger charge is 2.40. The molecule has 1 amide bonds. The zero-order valence-electron chi connectivity index (χ0n) is 14.9. The number of amides is 1. The summed E-state index contributed by atoms with van der Waals surface area (Å²) in [7, 11) is 0. The van der Waals surface area contributed by atoms with Gasteiger partial charge < -0.3 is 5.73 Å². The molecule has 0 saturated heterocycles. The van der Waals surface area contributed by atoms with Gasteiger partial charge in [-0.05, 0) is 36.4 Å². The van der Waals surface area contributed by atoms with Crippen LogP contribution in [-0.4, -0.2) is 21.7 Å². The molecule has 0 spiro atoms. The van der Waals surface area contributed by atoms with Crippen molar-refractivity contribution in [1.29, 1.82) is 5.26 Å². The average Bonchev–Trinajstić information content (AvgIpc) is 3.25. The first kappa shape index (κ1) is 17.9. The van der Waals surface area contributed by atoms with Crippen molar-refractivity contribution in [3.05, 3.63) is 75.1 Å². The van der Waals surface area contributed by atoms with Gasteiger partial charge in [-0.3, -0.25) is 20.0 Å². The maximum absolute atomic E-state index is 12.8. The van der Waals surface area contributed by atoms with E-state index in [1.54, 1.807) is 18.3 Å². The molecule has 2 aliphatic rings. The number of nitriles is 1. The summed E-state index contributed by atoms with van der Waals surface area (Å²) in [5.41, 5.74) is 10.9. The summed E-state index contributed by atoms with van der Waals surface area (Å²) in [4.78, 5) is 30.3. The number of nitrogens with one attached hydrogen (secondary N) is 1. The van der Waals surface area contributed by atoms with E-state index in [0.717, 1.165) is 4.88 Å². The maximum atomic E-state index is 12.8. The number of rotatable bonds is 3. The van der Waals surface area contributed by atoms with Crippen LogP contribution >= 0.6 is 11.3 Å². The molecule has 0 bridgehead atoms. The Morgan fingerprint density at radius 3 is 2.89 bits per heavy atom. The smallest absolute Gasteiger partial charge is 0.271 e. The van der Waals surface area contributed by atoms with Crippen LogP contribution in [0, 0.1) is 11.3 Å². The molecule has 2 aromatic heterocycles. The lowest BCUT2D eigenvalue weighted by atomic mass is 9.79. The van der Waals surface area contributed by atoms with Crippen LogP contribution < -0.4 is 11.2 Å². The Morgan fingerprint density at radius 2 is 2.21 bits per heavy atom. The highest BCUT2D eigenvalue weighted by atomic mass is 32.1. The molecule has 3 heterocycles. The number of hydrogen-bond acceptors (Lipinski definition) is 7. The second kappa shape index (κ2) is 7.29. The van der Waals surface area contributed by atoms with Crippen LogP contribution in [0.3, 0.4) is 0 Å². The van der Waals surface area contributed by atoms with E-state index in [2.05, 4.69) is 16.5 Å². The van der Waals surface area contributed by atoms with Crippen molar-refractivity contribution in [2.45, 2.75) is 25.2 Å². The van der Waals surface area contributed by atoms with Gasteiger partial charge in [0.15, 0.2) is 5.78 Å². The lowest BCUT2D eigenvalue weighted by Gasteiger charge is -2.38. The summed E-state index contributed by atoms with van der Waals surface area (Å²) in [6.07, 6.45) is 4.70. The number of carbonyl (C=O) groups excluding carboxylic acids is 2. The predicted molar refractivity (Wildman–Crippen MR) is 103 cm³/mol. The molecule has 0 fully saturated rings. The van der Waals surface area contributed by atoms with Crippen LogP contribution in [0.15, 0.2) is 64.7 Å². The summed E-state index contributed by atoms with van der Waals surface area (Å²) < 4.78 is 0. The van der Waals surface area contributed by atoms with Crippen molar-refractivity contribution in [2.75, 3.05) is 0 Å². The molecule has 8 heteroatoms. The summed E-state index contributed by atoms with van der Waals surface area (Å²) in [5.74, 6) is -0.765. The van der Waals surface area contributed by atoms with Crippen molar-refractivity contribution in [3.8, 4) is 6.07 Å². The molecule has 140 valence electrons. The van der Waals surface area contributed by atoms with E-state index in [0.29, 0.717) is 36.1 Å². The largest absolute Gasteiger partial charge is 0.383 e. The number of ketones is 1. The number of thiophene rings is 1. The molecule has 7 nitrogen and oxygen atoms in total. The van der Waals surface area contributed by atoms with Gasteiger partial charge in [0.2, 0.25) is 0 Å². The molecule has 3 N–H and O–H groups in total. The molecule has 1 unspecified atom stereocenters. The van der Waals surface area contributed by atoms with Crippen LogP contribution in [0.25, 0.3) is 0 Å². The summed E-state index contributed by atoms with van der Waals surface area (Å²) in [6, 6.07) is 9.23. The second-order valence-electron chi connectivity index (χ2n) is 6.51. The lowest BCUT2D eigenvalue weighted by Crippen LogP contribution is -2.48. The molecule has 0 saturated carbocycles. The second-order valence-corrected chi connectivity index (χ2v) is 7.49. The molecule has 1 aliphatic heterocycles. The van der Waals surface area contributed by atoms with Crippen LogP contribution in [0.5, 0.6) is 0 Å². The van der Waals surface area contributed by atoms with Crippen LogP contribution in [0.1, 0.15) is 40.4 Å². The van der Waals surface area contributed by atoms with Gasteiger partial charge in [0, 0.05) is 29.3 Å². The first-order valence-electron chi connectivity index (χ1n) is 8.82. The van der Waals surface area contributed by atoms with E-state index in [1.165, 1.54) is 22.5 Å². The van der Waals surface area contributed by atoms with Crippen molar-refractivity contribution < 1.29 is 9.59 Å². The van der Waals surface area contributed by atoms with Crippen LogP contribution in [-0.2, 0) is 4.79 Å². The first-order valence-corrected chi connectivity index (χ1v) is 9.70. The Bertz CT molecular complexity index is 1030. The Labute approximate surface area is 165 Å². The van der Waals surface area contributed by atoms with E-state index < -0.39 is 11.8 Å². The number of hydrazine groups is 1. The van der Waals surface area contributed by atoms with E-state index in [9.17, 15) is 14.9 Å². The number of nitrogens with two attached hydrogens (primary N) is 1. The van der Waals surface area contributed by atoms with E-state index in [-0.39, 0.29) is 17.2 Å². The monoisotopic (exact) mass is 391 g/mol. The minimum atomic E-state index is -0.487. The van der Waals surface area contributed by atoms with Crippen molar-refractivity contribution in [2.24, 2.45) is 5.73 Å². The molecular weight excluding hydrogens is 374 g/mol. The summed E-state index contributed by atoms with van der Waals surface area (Å²) in [6.45, 7) is 0. The molecule has 1 atom stereocenters. The van der Waals surface area contributed by atoms with Gasteiger partial charge in [-0.25, -0.2) is 5.01 Å². The van der Waals surface area contributed by atoms with Gasteiger partial charge in [-0.1, -0.05) is 6.07 Å². The normalized spacial score (nSPS) is 19.3. The van der Waals surface area contributed by atoms with Crippen molar-refractivity contribution >= 4 is 23.0 Å². The Hall–Kier alpha value is -3.44. The minimum absolute atomic E-state index is 0.0134. The van der Waals surface area contributed by atoms with E-state index >= 15 is 0 Å². The fourth-order valence-electron chi connectivity index (χ4n) is 3.62. The van der Waals surface area contributed by atoms with Crippen LogP contribution in [0.2, 0.25) is 0 Å². The number of pyridine rings is 1. The SMILES string of the molecule is N#CC1=C(N)N(NC(=O)c2cccnc2)C2=C(C(=O)CCC2)C1c1cccs1. The predicted octanol–water partition coefficient (Wildman–Crippen LogP) is 2.59. The fraction of sp³-hybridized carbons (Fsp3) is 0.200. The van der Waals surface area contributed by atoms with Crippen LogP contribution in [0.4, 0.5) is 0 Å². The summed E-state index contributed by atoms with van der Waals surface area (Å²) >= 11 is 1.48. The van der Waals surface area contributed by atoms with E-state index in [4.69, 9.17) is 5.73 Å². The van der Waals surface area contributed by atoms with Gasteiger partial charge in [0.05, 0.1) is 28.8 Å². The number of carbonyl (C=O) groups is 2. The molecule has 0 radical (unpaired) electrons. The average molecular weight is 391 g/mol. The van der Waals surface area contributed by atoms with Gasteiger partial charge in [-0.2, -0.15) is 5.26 Å². The van der Waals surface area contributed by atoms with Crippen molar-refractivity contribution in [3.63, 3.8) is 0 Å².